The minimum absolute atomic E-state index is 0.0893. The predicted octanol–water partition coefficient (Wildman–Crippen LogP) is 2.03. The zero-order chi connectivity index (χ0) is 14.7. The number of benzene rings is 2. The van der Waals surface area contributed by atoms with Crippen LogP contribution in [0.25, 0.3) is 0 Å². The van der Waals surface area contributed by atoms with Gasteiger partial charge >= 0.3 is 7.12 Å². The number of anilines is 1. The second-order valence-electron chi connectivity index (χ2n) is 4.04. The van der Waals surface area contributed by atoms with Gasteiger partial charge in [-0.2, -0.15) is 0 Å². The summed E-state index contributed by atoms with van der Waals surface area (Å²) in [6.07, 6.45) is 0. The van der Waals surface area contributed by atoms with E-state index in [0.717, 1.165) is 4.47 Å². The van der Waals surface area contributed by atoms with Gasteiger partial charge in [-0.15, -0.1) is 0 Å². The van der Waals surface area contributed by atoms with E-state index < -0.39 is 7.12 Å². The Labute approximate surface area is 129 Å². The number of nitrogens with one attached hydrogen (secondary N) is 1. The SMILES string of the molecule is O=C(Nc1ccccc1Br)c1ccc(Cl)c(B(O)O)c1. The maximum atomic E-state index is 12.1. The number of hydrogen-bond donors (Lipinski definition) is 3. The lowest BCUT2D eigenvalue weighted by Crippen LogP contribution is -2.32. The maximum absolute atomic E-state index is 12.1. The van der Waals surface area contributed by atoms with Crippen LogP contribution in [0.3, 0.4) is 0 Å². The minimum Gasteiger partial charge on any atom is -0.423 e. The first kappa shape index (κ1) is 15.1. The number of carbonyl (C=O) groups is 1. The van der Waals surface area contributed by atoms with E-state index in [-0.39, 0.29) is 22.0 Å². The van der Waals surface area contributed by atoms with Crippen molar-refractivity contribution in [3.05, 3.63) is 57.5 Å². The lowest BCUT2D eigenvalue weighted by molar-refractivity contribution is 0.102. The van der Waals surface area contributed by atoms with Crippen LogP contribution in [0.15, 0.2) is 46.9 Å². The highest BCUT2D eigenvalue weighted by Gasteiger charge is 2.18. The van der Waals surface area contributed by atoms with Gasteiger partial charge in [-0.25, -0.2) is 0 Å². The molecule has 0 bridgehead atoms. The second kappa shape index (κ2) is 6.41. The summed E-state index contributed by atoms with van der Waals surface area (Å²) in [7, 11) is -1.72. The topological polar surface area (TPSA) is 69.6 Å². The fraction of sp³-hybridized carbons (Fsp3) is 0. The molecule has 0 aliphatic rings. The molecule has 0 saturated carbocycles. The van der Waals surface area contributed by atoms with E-state index >= 15 is 0 Å². The molecule has 3 N–H and O–H groups in total. The lowest BCUT2D eigenvalue weighted by atomic mass is 9.79. The number of para-hydroxylation sites is 1. The largest absolute Gasteiger partial charge is 0.489 e. The van der Waals surface area contributed by atoms with Crippen LogP contribution >= 0.6 is 27.5 Å². The van der Waals surface area contributed by atoms with Gasteiger partial charge in [-0.05, 0) is 46.3 Å². The van der Waals surface area contributed by atoms with Crippen LogP contribution in [-0.2, 0) is 0 Å². The van der Waals surface area contributed by atoms with Crippen molar-refractivity contribution in [1.82, 2.24) is 0 Å². The number of carbonyl (C=O) groups excluding carboxylic acids is 1. The summed E-state index contributed by atoms with van der Waals surface area (Å²) in [5.74, 6) is -0.365. The lowest BCUT2D eigenvalue weighted by Gasteiger charge is -2.09. The third-order valence-electron chi connectivity index (χ3n) is 2.66. The summed E-state index contributed by atoms with van der Waals surface area (Å²) in [6.45, 7) is 0. The Morgan fingerprint density at radius 1 is 1.20 bits per heavy atom. The van der Waals surface area contributed by atoms with Crippen molar-refractivity contribution >= 4 is 51.7 Å². The summed E-state index contributed by atoms with van der Waals surface area (Å²) in [4.78, 5) is 12.1. The van der Waals surface area contributed by atoms with Crippen LogP contribution < -0.4 is 10.8 Å². The highest BCUT2D eigenvalue weighted by Crippen LogP contribution is 2.22. The third-order valence-corrected chi connectivity index (χ3v) is 3.69. The third kappa shape index (κ3) is 3.40. The van der Waals surface area contributed by atoms with Gasteiger partial charge in [-0.1, -0.05) is 23.7 Å². The van der Waals surface area contributed by atoms with Crippen LogP contribution in [0.4, 0.5) is 5.69 Å². The van der Waals surface area contributed by atoms with E-state index in [0.29, 0.717) is 5.69 Å². The molecule has 102 valence electrons. The Balaban J connectivity index is 2.26. The van der Waals surface area contributed by atoms with Gasteiger partial charge in [0.25, 0.3) is 5.91 Å². The van der Waals surface area contributed by atoms with Crippen LogP contribution in [0, 0.1) is 0 Å². The van der Waals surface area contributed by atoms with E-state index in [1.54, 1.807) is 18.2 Å². The quantitative estimate of drug-likeness (QED) is 0.739. The first-order valence-electron chi connectivity index (χ1n) is 5.70. The first-order valence-corrected chi connectivity index (χ1v) is 6.87. The van der Waals surface area contributed by atoms with E-state index in [2.05, 4.69) is 21.2 Å². The average Bonchev–Trinajstić information content (AvgIpc) is 2.41. The highest BCUT2D eigenvalue weighted by molar-refractivity contribution is 9.10. The molecule has 0 unspecified atom stereocenters. The molecule has 20 heavy (non-hydrogen) atoms. The normalized spacial score (nSPS) is 10.2. The summed E-state index contributed by atoms with van der Waals surface area (Å²) >= 11 is 9.15. The van der Waals surface area contributed by atoms with E-state index in [1.807, 2.05) is 6.07 Å². The number of rotatable bonds is 3. The Bertz CT molecular complexity index is 651. The van der Waals surface area contributed by atoms with Crippen molar-refractivity contribution in [2.75, 3.05) is 5.32 Å². The van der Waals surface area contributed by atoms with Gasteiger partial charge in [0.2, 0.25) is 0 Å². The summed E-state index contributed by atoms with van der Waals surface area (Å²) in [5.41, 5.74) is 0.998. The molecule has 2 aromatic carbocycles. The Kier molecular flexibility index (Phi) is 4.83. The fourth-order valence-electron chi connectivity index (χ4n) is 1.64. The monoisotopic (exact) mass is 353 g/mol. The molecule has 0 aromatic heterocycles. The first-order chi connectivity index (χ1) is 9.49. The smallest absolute Gasteiger partial charge is 0.423 e. The zero-order valence-electron chi connectivity index (χ0n) is 10.2. The molecule has 4 nitrogen and oxygen atoms in total. The fourth-order valence-corrected chi connectivity index (χ4v) is 2.24. The van der Waals surface area contributed by atoms with E-state index in [1.165, 1.54) is 18.2 Å². The molecular formula is C13H10BBrClNO3. The van der Waals surface area contributed by atoms with Gasteiger partial charge < -0.3 is 15.4 Å². The van der Waals surface area contributed by atoms with Gasteiger partial charge in [0.1, 0.15) is 0 Å². The Morgan fingerprint density at radius 2 is 1.90 bits per heavy atom. The molecule has 0 fully saturated rings. The van der Waals surface area contributed by atoms with Crippen LogP contribution in [-0.4, -0.2) is 23.1 Å². The summed E-state index contributed by atoms with van der Waals surface area (Å²) < 4.78 is 0.754. The molecule has 2 aromatic rings. The molecule has 7 heteroatoms. The number of amides is 1. The average molecular weight is 354 g/mol. The Hall–Kier alpha value is -1.34. The van der Waals surface area contributed by atoms with Gasteiger partial charge in [0.05, 0.1) is 5.69 Å². The van der Waals surface area contributed by atoms with Crippen molar-refractivity contribution in [1.29, 1.82) is 0 Å². The van der Waals surface area contributed by atoms with Crippen LogP contribution in [0.5, 0.6) is 0 Å². The summed E-state index contributed by atoms with van der Waals surface area (Å²) in [6, 6.07) is 11.5. The van der Waals surface area contributed by atoms with Gasteiger partial charge in [-0.3, -0.25) is 4.79 Å². The van der Waals surface area contributed by atoms with E-state index in [9.17, 15) is 14.8 Å². The van der Waals surface area contributed by atoms with Gasteiger partial charge in [0, 0.05) is 20.5 Å². The second-order valence-corrected chi connectivity index (χ2v) is 5.31. The molecule has 0 saturated heterocycles. The van der Waals surface area contributed by atoms with Crippen molar-refractivity contribution < 1.29 is 14.8 Å². The Morgan fingerprint density at radius 3 is 2.55 bits per heavy atom. The maximum Gasteiger partial charge on any atom is 0.489 e. The van der Waals surface area contributed by atoms with Crippen LogP contribution in [0.1, 0.15) is 10.4 Å². The molecule has 0 aliphatic heterocycles. The van der Waals surface area contributed by atoms with Crippen molar-refractivity contribution in [2.45, 2.75) is 0 Å². The van der Waals surface area contributed by atoms with Crippen molar-refractivity contribution in [3.63, 3.8) is 0 Å². The zero-order valence-corrected chi connectivity index (χ0v) is 12.5. The molecule has 2 rings (SSSR count). The highest BCUT2D eigenvalue weighted by atomic mass is 79.9. The van der Waals surface area contributed by atoms with Crippen LogP contribution in [0.2, 0.25) is 5.02 Å². The predicted molar refractivity (Wildman–Crippen MR) is 83.4 cm³/mol. The number of hydrogen-bond acceptors (Lipinski definition) is 3. The molecule has 0 atom stereocenters. The van der Waals surface area contributed by atoms with Crippen molar-refractivity contribution in [2.24, 2.45) is 0 Å². The molecule has 0 aliphatic carbocycles. The van der Waals surface area contributed by atoms with Gasteiger partial charge in [0.15, 0.2) is 0 Å². The molecule has 0 spiro atoms. The molecule has 0 heterocycles. The van der Waals surface area contributed by atoms with Crippen molar-refractivity contribution in [3.8, 4) is 0 Å². The summed E-state index contributed by atoms with van der Waals surface area (Å²) in [5, 5.41) is 21.3. The minimum atomic E-state index is -1.72. The molecule has 0 radical (unpaired) electrons. The molecule has 1 amide bonds. The van der Waals surface area contributed by atoms with E-state index in [4.69, 9.17) is 11.6 Å². The standard InChI is InChI=1S/C13H10BBrClNO3/c15-10-3-1-2-4-12(10)17-13(18)8-5-6-11(16)9(7-8)14(19)20/h1-7,19-20H,(H,17,18). The molecular weight excluding hydrogens is 344 g/mol. The number of halogens is 2.